The quantitative estimate of drug-likeness (QED) is 0.367. The van der Waals surface area contributed by atoms with Gasteiger partial charge < -0.3 is 4.74 Å². The number of hydrogen-bond acceptors (Lipinski definition) is 2. The smallest absolute Gasteiger partial charge is 0.331 e. The Morgan fingerprint density at radius 2 is 2.54 bits per heavy atom. The molecule has 0 aromatic carbocycles. The standard InChI is InChI=1S/C11H14O2/c1-3-10(12)13-11-5-4-9(7-11)6-8(11)2/h3-5,8-9H,1,6-7H2,2H3. The Morgan fingerprint density at radius 3 is 3.00 bits per heavy atom. The van der Waals surface area contributed by atoms with Gasteiger partial charge in [-0.1, -0.05) is 19.6 Å². The van der Waals surface area contributed by atoms with Crippen molar-refractivity contribution >= 4 is 5.97 Å². The third kappa shape index (κ3) is 1.21. The monoisotopic (exact) mass is 178 g/mol. The fourth-order valence-electron chi connectivity index (χ4n) is 2.43. The summed E-state index contributed by atoms with van der Waals surface area (Å²) >= 11 is 0. The average molecular weight is 178 g/mol. The Bertz CT molecular complexity index is 280. The van der Waals surface area contributed by atoms with Crippen LogP contribution in [0.3, 0.4) is 0 Å². The number of esters is 1. The fourth-order valence-corrected chi connectivity index (χ4v) is 2.43. The van der Waals surface area contributed by atoms with Crippen LogP contribution in [0.25, 0.3) is 0 Å². The summed E-state index contributed by atoms with van der Waals surface area (Å²) < 4.78 is 5.41. The summed E-state index contributed by atoms with van der Waals surface area (Å²) in [5.41, 5.74) is -0.310. The highest BCUT2D eigenvalue weighted by molar-refractivity contribution is 5.81. The Hall–Kier alpha value is -1.05. The second kappa shape index (κ2) is 2.72. The minimum atomic E-state index is -0.310. The van der Waals surface area contributed by atoms with E-state index in [9.17, 15) is 4.79 Å². The molecule has 2 aliphatic rings. The first-order valence-electron chi connectivity index (χ1n) is 4.71. The number of fused-ring (bicyclic) bond motifs is 2. The van der Waals surface area contributed by atoms with E-state index in [1.165, 1.54) is 6.08 Å². The normalized spacial score (nSPS) is 40.7. The molecule has 0 radical (unpaired) electrons. The van der Waals surface area contributed by atoms with Crippen LogP contribution in [0.2, 0.25) is 0 Å². The van der Waals surface area contributed by atoms with E-state index in [1.54, 1.807) is 0 Å². The molecule has 0 heterocycles. The van der Waals surface area contributed by atoms with E-state index >= 15 is 0 Å². The SMILES string of the molecule is C=CC(=O)OC12C=CC(CC1C)C2. The molecule has 0 aromatic rings. The molecular weight excluding hydrogens is 164 g/mol. The number of carbonyl (C=O) groups is 1. The summed E-state index contributed by atoms with van der Waals surface area (Å²) in [5.74, 6) is 0.762. The van der Waals surface area contributed by atoms with Crippen LogP contribution in [-0.4, -0.2) is 11.6 Å². The van der Waals surface area contributed by atoms with Crippen molar-refractivity contribution in [3.05, 3.63) is 24.8 Å². The Morgan fingerprint density at radius 1 is 1.77 bits per heavy atom. The van der Waals surface area contributed by atoms with Crippen molar-refractivity contribution in [1.82, 2.24) is 0 Å². The van der Waals surface area contributed by atoms with Gasteiger partial charge in [0.15, 0.2) is 0 Å². The molecule has 0 spiro atoms. The van der Waals surface area contributed by atoms with Crippen LogP contribution in [0.4, 0.5) is 0 Å². The van der Waals surface area contributed by atoms with E-state index in [4.69, 9.17) is 4.74 Å². The first-order chi connectivity index (χ1) is 6.16. The molecule has 2 bridgehead atoms. The maximum atomic E-state index is 11.1. The summed E-state index contributed by atoms with van der Waals surface area (Å²) in [6, 6.07) is 0. The molecule has 2 nitrogen and oxygen atoms in total. The minimum absolute atomic E-state index is 0.306. The van der Waals surface area contributed by atoms with Gasteiger partial charge in [-0.2, -0.15) is 0 Å². The number of hydrogen-bond donors (Lipinski definition) is 0. The fraction of sp³-hybridized carbons (Fsp3) is 0.545. The van der Waals surface area contributed by atoms with Gasteiger partial charge in [-0.3, -0.25) is 0 Å². The van der Waals surface area contributed by atoms with Gasteiger partial charge in [0.05, 0.1) is 0 Å². The average Bonchev–Trinajstić information content (AvgIpc) is 2.61. The topological polar surface area (TPSA) is 26.3 Å². The molecule has 3 atom stereocenters. The second-order valence-corrected chi connectivity index (χ2v) is 4.04. The molecule has 0 N–H and O–H groups in total. The van der Waals surface area contributed by atoms with E-state index in [2.05, 4.69) is 19.6 Å². The van der Waals surface area contributed by atoms with E-state index in [0.29, 0.717) is 11.8 Å². The Balaban J connectivity index is 2.16. The largest absolute Gasteiger partial charge is 0.451 e. The van der Waals surface area contributed by atoms with Crippen LogP contribution in [0.15, 0.2) is 24.8 Å². The van der Waals surface area contributed by atoms with Crippen molar-refractivity contribution in [2.75, 3.05) is 0 Å². The van der Waals surface area contributed by atoms with Gasteiger partial charge in [0, 0.05) is 12.0 Å². The third-order valence-corrected chi connectivity index (χ3v) is 3.18. The van der Waals surface area contributed by atoms with Crippen LogP contribution in [0.1, 0.15) is 19.8 Å². The molecule has 0 aliphatic heterocycles. The van der Waals surface area contributed by atoms with Gasteiger partial charge >= 0.3 is 5.97 Å². The van der Waals surface area contributed by atoms with Crippen LogP contribution in [0.5, 0.6) is 0 Å². The minimum Gasteiger partial charge on any atom is -0.451 e. The van der Waals surface area contributed by atoms with Crippen LogP contribution < -0.4 is 0 Å². The lowest BCUT2D eigenvalue weighted by molar-refractivity contribution is -0.151. The number of carbonyl (C=O) groups excluding carboxylic acids is 1. The third-order valence-electron chi connectivity index (χ3n) is 3.18. The van der Waals surface area contributed by atoms with E-state index < -0.39 is 0 Å². The molecule has 2 heteroatoms. The Labute approximate surface area is 78.3 Å². The van der Waals surface area contributed by atoms with Gasteiger partial charge in [0.25, 0.3) is 0 Å². The summed E-state index contributed by atoms with van der Waals surface area (Å²) in [4.78, 5) is 11.1. The maximum Gasteiger partial charge on any atom is 0.331 e. The molecule has 70 valence electrons. The maximum absolute atomic E-state index is 11.1. The van der Waals surface area contributed by atoms with Crippen molar-refractivity contribution in [3.63, 3.8) is 0 Å². The second-order valence-electron chi connectivity index (χ2n) is 4.04. The molecule has 1 fully saturated rings. The molecule has 2 aliphatic carbocycles. The van der Waals surface area contributed by atoms with Gasteiger partial charge in [0.2, 0.25) is 0 Å². The molecule has 1 saturated carbocycles. The van der Waals surface area contributed by atoms with Crippen molar-refractivity contribution in [2.24, 2.45) is 11.8 Å². The molecule has 13 heavy (non-hydrogen) atoms. The van der Waals surface area contributed by atoms with Crippen LogP contribution in [0, 0.1) is 11.8 Å². The van der Waals surface area contributed by atoms with E-state index in [1.807, 2.05) is 6.08 Å². The highest BCUT2D eigenvalue weighted by Crippen LogP contribution is 2.48. The lowest BCUT2D eigenvalue weighted by Crippen LogP contribution is -2.34. The molecular formula is C11H14O2. The lowest BCUT2D eigenvalue weighted by Gasteiger charge is -2.29. The zero-order valence-corrected chi connectivity index (χ0v) is 7.82. The van der Waals surface area contributed by atoms with Gasteiger partial charge in [-0.05, 0) is 24.8 Å². The molecule has 0 aromatic heterocycles. The van der Waals surface area contributed by atoms with Crippen molar-refractivity contribution in [1.29, 1.82) is 0 Å². The van der Waals surface area contributed by atoms with E-state index in [-0.39, 0.29) is 11.6 Å². The lowest BCUT2D eigenvalue weighted by atomic mass is 9.91. The summed E-state index contributed by atoms with van der Waals surface area (Å²) in [7, 11) is 0. The molecule has 3 unspecified atom stereocenters. The van der Waals surface area contributed by atoms with Crippen LogP contribution in [-0.2, 0) is 9.53 Å². The van der Waals surface area contributed by atoms with Gasteiger partial charge in [-0.25, -0.2) is 4.79 Å². The number of allylic oxidation sites excluding steroid dienone is 1. The highest BCUT2D eigenvalue weighted by Gasteiger charge is 2.49. The molecule has 0 saturated heterocycles. The van der Waals surface area contributed by atoms with E-state index in [0.717, 1.165) is 12.8 Å². The number of ether oxygens (including phenoxy) is 1. The zero-order chi connectivity index (χ0) is 9.47. The Kier molecular flexibility index (Phi) is 1.79. The van der Waals surface area contributed by atoms with Crippen LogP contribution >= 0.6 is 0 Å². The predicted molar refractivity (Wildman–Crippen MR) is 50.0 cm³/mol. The first-order valence-corrected chi connectivity index (χ1v) is 4.71. The first kappa shape index (κ1) is 8.54. The molecule has 0 amide bonds. The van der Waals surface area contributed by atoms with Gasteiger partial charge in [-0.15, -0.1) is 0 Å². The van der Waals surface area contributed by atoms with Crippen molar-refractivity contribution in [2.45, 2.75) is 25.4 Å². The molecule has 2 rings (SSSR count). The summed E-state index contributed by atoms with van der Waals surface area (Å²) in [5, 5.41) is 0. The predicted octanol–water partition coefficient (Wildman–Crippen LogP) is 2.07. The summed E-state index contributed by atoms with van der Waals surface area (Å²) in [6.07, 6.45) is 7.55. The van der Waals surface area contributed by atoms with Crippen molar-refractivity contribution in [3.8, 4) is 0 Å². The van der Waals surface area contributed by atoms with Gasteiger partial charge in [0.1, 0.15) is 5.60 Å². The zero-order valence-electron chi connectivity index (χ0n) is 7.82. The number of rotatable bonds is 2. The van der Waals surface area contributed by atoms with Crippen molar-refractivity contribution < 1.29 is 9.53 Å². The summed E-state index contributed by atoms with van der Waals surface area (Å²) in [6.45, 7) is 5.55. The highest BCUT2D eigenvalue weighted by atomic mass is 16.6.